The fourth-order valence-corrected chi connectivity index (χ4v) is 3.78. The first-order valence-electron chi connectivity index (χ1n) is 9.94. The number of rotatable bonds is 6. The number of methoxy groups -OCH3 is 1. The molecule has 1 aliphatic heterocycles. The van der Waals surface area contributed by atoms with Crippen molar-refractivity contribution < 1.29 is 9.53 Å². The van der Waals surface area contributed by atoms with Crippen LogP contribution in [0.4, 0.5) is 5.82 Å². The smallest absolute Gasteiger partial charge is 0.255 e. The van der Waals surface area contributed by atoms with Gasteiger partial charge in [0.1, 0.15) is 5.82 Å². The van der Waals surface area contributed by atoms with Crippen LogP contribution in [0.2, 0.25) is 0 Å². The van der Waals surface area contributed by atoms with E-state index in [9.17, 15) is 4.79 Å². The van der Waals surface area contributed by atoms with Crippen molar-refractivity contribution in [3.63, 3.8) is 0 Å². The van der Waals surface area contributed by atoms with Gasteiger partial charge in [0.15, 0.2) is 0 Å². The number of hydrogen-bond donors (Lipinski definition) is 1. The average Bonchev–Trinajstić information content (AvgIpc) is 2.79. The Morgan fingerprint density at radius 3 is 3.03 bits per heavy atom. The van der Waals surface area contributed by atoms with E-state index in [4.69, 9.17) is 9.72 Å². The van der Waals surface area contributed by atoms with Gasteiger partial charge in [0.25, 0.3) is 5.91 Å². The van der Waals surface area contributed by atoms with Crippen LogP contribution in [0.5, 0.6) is 0 Å². The Morgan fingerprint density at radius 1 is 1.31 bits per heavy atom. The number of ether oxygens (including phenoxy) is 1. The molecule has 0 aromatic carbocycles. The third-order valence-corrected chi connectivity index (χ3v) is 5.25. The van der Waals surface area contributed by atoms with Gasteiger partial charge in [0, 0.05) is 62.3 Å². The number of nitrogens with one attached hydrogen (secondary N) is 1. The van der Waals surface area contributed by atoms with E-state index in [1.54, 1.807) is 31.8 Å². The molecule has 0 radical (unpaired) electrons. The van der Waals surface area contributed by atoms with Crippen LogP contribution in [0.15, 0.2) is 48.9 Å². The summed E-state index contributed by atoms with van der Waals surface area (Å²) in [7, 11) is 1.68. The van der Waals surface area contributed by atoms with Gasteiger partial charge < -0.3 is 15.0 Å². The van der Waals surface area contributed by atoms with Crippen molar-refractivity contribution in [2.75, 3.05) is 38.7 Å². The summed E-state index contributed by atoms with van der Waals surface area (Å²) < 4.78 is 5.15. The maximum absolute atomic E-state index is 12.9. The van der Waals surface area contributed by atoms with Crippen molar-refractivity contribution >= 4 is 22.6 Å². The molecule has 3 aromatic rings. The molecule has 150 valence electrons. The van der Waals surface area contributed by atoms with E-state index >= 15 is 0 Å². The Hall–Kier alpha value is -3.06. The molecule has 3 aromatic heterocycles. The van der Waals surface area contributed by atoms with E-state index in [0.717, 1.165) is 41.8 Å². The molecule has 0 aliphatic carbocycles. The standard InChI is InChI=1S/C22H25N5O2/c1-29-12-10-25-21-18-7-3-9-24-20(18)13-19(26-21)17-6-4-11-27(15-17)22(28)16-5-2-8-23-14-16/h2-3,5,7-9,13-14,17H,4,6,10-12,15H2,1H3,(H,25,26)/t17-/m1/s1. The number of carbonyl (C=O) groups is 1. The minimum absolute atomic E-state index is 0.0279. The molecule has 0 unspecified atom stereocenters. The van der Waals surface area contributed by atoms with Crippen LogP contribution in [-0.2, 0) is 4.74 Å². The fourth-order valence-electron chi connectivity index (χ4n) is 3.78. The van der Waals surface area contributed by atoms with Crippen molar-refractivity contribution in [1.82, 2.24) is 19.9 Å². The maximum atomic E-state index is 12.9. The van der Waals surface area contributed by atoms with Crippen molar-refractivity contribution in [1.29, 1.82) is 0 Å². The summed E-state index contributed by atoms with van der Waals surface area (Å²) in [5.41, 5.74) is 2.51. The summed E-state index contributed by atoms with van der Waals surface area (Å²) in [6.45, 7) is 2.68. The van der Waals surface area contributed by atoms with Crippen molar-refractivity contribution in [3.8, 4) is 0 Å². The third kappa shape index (κ3) is 4.35. The number of carbonyl (C=O) groups excluding carboxylic acids is 1. The lowest BCUT2D eigenvalue weighted by Gasteiger charge is -2.32. The van der Waals surface area contributed by atoms with E-state index in [0.29, 0.717) is 25.3 Å². The van der Waals surface area contributed by atoms with Crippen LogP contribution in [0.25, 0.3) is 10.9 Å². The van der Waals surface area contributed by atoms with Crippen LogP contribution >= 0.6 is 0 Å². The zero-order valence-corrected chi connectivity index (χ0v) is 16.5. The quantitative estimate of drug-likeness (QED) is 0.651. The zero-order chi connectivity index (χ0) is 20.1. The molecular formula is C22H25N5O2. The second-order valence-corrected chi connectivity index (χ2v) is 7.22. The van der Waals surface area contributed by atoms with Crippen LogP contribution in [0.3, 0.4) is 0 Å². The van der Waals surface area contributed by atoms with Gasteiger partial charge in [-0.1, -0.05) is 0 Å². The molecule has 0 saturated carbocycles. The second kappa shape index (κ2) is 8.96. The molecular weight excluding hydrogens is 366 g/mol. The van der Waals surface area contributed by atoms with Gasteiger partial charge >= 0.3 is 0 Å². The minimum Gasteiger partial charge on any atom is -0.383 e. The van der Waals surface area contributed by atoms with E-state index in [2.05, 4.69) is 21.4 Å². The number of hydrogen-bond acceptors (Lipinski definition) is 6. The Balaban J connectivity index is 1.59. The Morgan fingerprint density at radius 2 is 2.21 bits per heavy atom. The summed E-state index contributed by atoms with van der Waals surface area (Å²) in [5.74, 6) is 1.03. The van der Waals surface area contributed by atoms with Crippen LogP contribution in [0, 0.1) is 0 Å². The van der Waals surface area contributed by atoms with Gasteiger partial charge in [-0.05, 0) is 43.2 Å². The highest BCUT2D eigenvalue weighted by Gasteiger charge is 2.27. The van der Waals surface area contributed by atoms with E-state index in [1.807, 2.05) is 23.1 Å². The summed E-state index contributed by atoms with van der Waals surface area (Å²) in [6, 6.07) is 9.60. The molecule has 0 bridgehead atoms. The molecule has 29 heavy (non-hydrogen) atoms. The number of aromatic nitrogens is 3. The van der Waals surface area contributed by atoms with Gasteiger partial charge in [-0.2, -0.15) is 0 Å². The average molecular weight is 391 g/mol. The van der Waals surface area contributed by atoms with Crippen LogP contribution in [0.1, 0.15) is 34.8 Å². The molecule has 1 N–H and O–H groups in total. The van der Waals surface area contributed by atoms with Gasteiger partial charge in [0.2, 0.25) is 0 Å². The molecule has 4 heterocycles. The molecule has 1 amide bonds. The van der Waals surface area contributed by atoms with Crippen molar-refractivity contribution in [2.45, 2.75) is 18.8 Å². The molecule has 1 aliphatic rings. The van der Waals surface area contributed by atoms with Gasteiger partial charge in [0.05, 0.1) is 17.7 Å². The SMILES string of the molecule is COCCNc1nc([C@@H]2CCCN(C(=O)c3cccnc3)C2)cc2ncccc12. The number of pyridine rings is 3. The molecule has 0 spiro atoms. The topological polar surface area (TPSA) is 80.2 Å². The number of piperidine rings is 1. The normalized spacial score (nSPS) is 16.7. The zero-order valence-electron chi connectivity index (χ0n) is 16.5. The number of fused-ring (bicyclic) bond motifs is 1. The minimum atomic E-state index is 0.0279. The van der Waals surface area contributed by atoms with E-state index < -0.39 is 0 Å². The van der Waals surface area contributed by atoms with Crippen LogP contribution < -0.4 is 5.32 Å². The largest absolute Gasteiger partial charge is 0.383 e. The molecule has 1 fully saturated rings. The molecule has 1 atom stereocenters. The number of nitrogens with zero attached hydrogens (tertiary/aromatic N) is 4. The van der Waals surface area contributed by atoms with Crippen LogP contribution in [-0.4, -0.2) is 59.1 Å². The van der Waals surface area contributed by atoms with Crippen molar-refractivity contribution in [2.24, 2.45) is 0 Å². The van der Waals surface area contributed by atoms with Gasteiger partial charge in [-0.15, -0.1) is 0 Å². The number of likely N-dealkylation sites (tertiary alicyclic amines) is 1. The predicted molar refractivity (Wildman–Crippen MR) is 112 cm³/mol. The summed E-state index contributed by atoms with van der Waals surface area (Å²) in [4.78, 5) is 28.3. The lowest BCUT2D eigenvalue weighted by molar-refractivity contribution is 0.0705. The predicted octanol–water partition coefficient (Wildman–Crippen LogP) is 3.10. The van der Waals surface area contributed by atoms with E-state index in [-0.39, 0.29) is 11.8 Å². The van der Waals surface area contributed by atoms with E-state index in [1.165, 1.54) is 0 Å². The first kappa shape index (κ1) is 19.3. The number of amides is 1. The molecule has 4 rings (SSSR count). The monoisotopic (exact) mass is 391 g/mol. The van der Waals surface area contributed by atoms with Gasteiger partial charge in [-0.3, -0.25) is 14.8 Å². The summed E-state index contributed by atoms with van der Waals surface area (Å²) in [6.07, 6.45) is 7.05. The Labute approximate surface area is 170 Å². The van der Waals surface area contributed by atoms with Crippen molar-refractivity contribution in [3.05, 3.63) is 60.2 Å². The summed E-state index contributed by atoms with van der Waals surface area (Å²) in [5, 5.41) is 4.36. The first-order valence-corrected chi connectivity index (χ1v) is 9.94. The highest BCUT2D eigenvalue weighted by molar-refractivity contribution is 5.94. The number of anilines is 1. The maximum Gasteiger partial charge on any atom is 0.255 e. The highest BCUT2D eigenvalue weighted by atomic mass is 16.5. The lowest BCUT2D eigenvalue weighted by atomic mass is 9.93. The summed E-state index contributed by atoms with van der Waals surface area (Å²) >= 11 is 0. The molecule has 7 nitrogen and oxygen atoms in total. The lowest BCUT2D eigenvalue weighted by Crippen LogP contribution is -2.39. The molecule has 1 saturated heterocycles. The van der Waals surface area contributed by atoms with Gasteiger partial charge in [-0.25, -0.2) is 4.98 Å². The first-order chi connectivity index (χ1) is 14.3. The Bertz CT molecular complexity index is 979. The Kier molecular flexibility index (Phi) is 5.95. The third-order valence-electron chi connectivity index (χ3n) is 5.25. The molecule has 7 heteroatoms. The highest BCUT2D eigenvalue weighted by Crippen LogP contribution is 2.30. The fraction of sp³-hybridized carbons (Fsp3) is 0.364. The second-order valence-electron chi connectivity index (χ2n) is 7.22.